The first-order chi connectivity index (χ1) is 7.34. The van der Waals surface area contributed by atoms with Gasteiger partial charge in [0.25, 0.3) is 0 Å². The zero-order valence-electron chi connectivity index (χ0n) is 8.62. The van der Waals surface area contributed by atoms with Gasteiger partial charge >= 0.3 is 0 Å². The predicted molar refractivity (Wildman–Crippen MR) is 63.4 cm³/mol. The third-order valence-corrected chi connectivity index (χ3v) is 1.85. The van der Waals surface area contributed by atoms with Gasteiger partial charge in [0.1, 0.15) is 0 Å². The van der Waals surface area contributed by atoms with Crippen LogP contribution in [0, 0.1) is 0 Å². The molecule has 0 aliphatic carbocycles. The second-order valence-electron chi connectivity index (χ2n) is 2.94. The summed E-state index contributed by atoms with van der Waals surface area (Å²) in [5.74, 6) is 0. The van der Waals surface area contributed by atoms with Gasteiger partial charge in [0.2, 0.25) is 0 Å². The molecule has 0 aromatic heterocycles. The second kappa shape index (κ2) is 6.43. The SMILES string of the molecule is CN(/C=C/C=C/C=N/O)c1ccccc1. The van der Waals surface area contributed by atoms with Crippen LogP contribution in [0.2, 0.25) is 0 Å². The van der Waals surface area contributed by atoms with E-state index in [0.717, 1.165) is 5.69 Å². The summed E-state index contributed by atoms with van der Waals surface area (Å²) in [6, 6.07) is 10.0. The molecule has 3 nitrogen and oxygen atoms in total. The normalized spacial score (nSPS) is 11.8. The zero-order valence-corrected chi connectivity index (χ0v) is 8.62. The topological polar surface area (TPSA) is 35.8 Å². The molecule has 0 spiro atoms. The smallest absolute Gasteiger partial charge is 0.0661 e. The molecule has 0 aliphatic heterocycles. The van der Waals surface area contributed by atoms with Gasteiger partial charge in [-0.15, -0.1) is 0 Å². The summed E-state index contributed by atoms with van der Waals surface area (Å²) in [5.41, 5.74) is 1.12. The standard InChI is InChI=1S/C12H14N2O/c1-14(11-7-3-6-10-13-15)12-8-4-2-5-9-12/h2-11,15H,1H3/b6-3+,11-7+,13-10+. The van der Waals surface area contributed by atoms with Gasteiger partial charge in [-0.05, 0) is 24.3 Å². The Labute approximate surface area is 89.6 Å². The Bertz CT molecular complexity index is 355. The molecule has 0 atom stereocenters. The van der Waals surface area contributed by atoms with E-state index in [4.69, 9.17) is 5.21 Å². The summed E-state index contributed by atoms with van der Waals surface area (Å²) in [6.07, 6.45) is 8.55. The lowest BCUT2D eigenvalue weighted by atomic mass is 10.3. The van der Waals surface area contributed by atoms with Crippen LogP contribution in [0.15, 0.2) is 59.9 Å². The maximum absolute atomic E-state index is 8.14. The average Bonchev–Trinajstić information content (AvgIpc) is 2.30. The molecule has 1 rings (SSSR count). The average molecular weight is 202 g/mol. The van der Waals surface area contributed by atoms with Gasteiger partial charge in [-0.25, -0.2) is 0 Å². The van der Waals surface area contributed by atoms with Crippen molar-refractivity contribution in [3.05, 3.63) is 54.8 Å². The number of nitrogens with zero attached hydrogens (tertiary/aromatic N) is 2. The van der Waals surface area contributed by atoms with Crippen LogP contribution in [-0.2, 0) is 0 Å². The number of rotatable bonds is 4. The lowest BCUT2D eigenvalue weighted by molar-refractivity contribution is 0.322. The minimum Gasteiger partial charge on any atom is -0.411 e. The maximum Gasteiger partial charge on any atom is 0.0661 e. The van der Waals surface area contributed by atoms with E-state index in [2.05, 4.69) is 5.16 Å². The molecule has 1 aromatic carbocycles. The number of oxime groups is 1. The molecule has 0 saturated heterocycles. The van der Waals surface area contributed by atoms with Crippen molar-refractivity contribution in [2.45, 2.75) is 0 Å². The van der Waals surface area contributed by atoms with Crippen LogP contribution in [0.25, 0.3) is 0 Å². The van der Waals surface area contributed by atoms with Crippen molar-refractivity contribution in [1.82, 2.24) is 0 Å². The van der Waals surface area contributed by atoms with E-state index >= 15 is 0 Å². The van der Waals surface area contributed by atoms with Crippen LogP contribution in [0.1, 0.15) is 0 Å². The Morgan fingerprint density at radius 3 is 2.53 bits per heavy atom. The molecule has 0 fully saturated rings. The largest absolute Gasteiger partial charge is 0.411 e. The molecule has 15 heavy (non-hydrogen) atoms. The first-order valence-electron chi connectivity index (χ1n) is 4.63. The first-order valence-corrected chi connectivity index (χ1v) is 4.63. The number of benzene rings is 1. The van der Waals surface area contributed by atoms with E-state index < -0.39 is 0 Å². The minimum absolute atomic E-state index is 1.12. The monoisotopic (exact) mass is 202 g/mol. The molecule has 0 radical (unpaired) electrons. The maximum atomic E-state index is 8.14. The number of anilines is 1. The summed E-state index contributed by atoms with van der Waals surface area (Å²) in [6.45, 7) is 0. The molecule has 0 aliphatic rings. The van der Waals surface area contributed by atoms with Crippen molar-refractivity contribution < 1.29 is 5.21 Å². The highest BCUT2D eigenvalue weighted by Gasteiger charge is 1.91. The summed E-state index contributed by atoms with van der Waals surface area (Å²) >= 11 is 0. The summed E-state index contributed by atoms with van der Waals surface area (Å²) < 4.78 is 0. The minimum atomic E-state index is 1.12. The predicted octanol–water partition coefficient (Wildman–Crippen LogP) is 2.65. The number of para-hydroxylation sites is 1. The zero-order chi connectivity index (χ0) is 10.9. The van der Waals surface area contributed by atoms with E-state index in [9.17, 15) is 0 Å². The molecular formula is C12H14N2O. The molecule has 78 valence electrons. The molecule has 0 bridgehead atoms. The van der Waals surface area contributed by atoms with Crippen molar-refractivity contribution in [2.75, 3.05) is 11.9 Å². The van der Waals surface area contributed by atoms with E-state index in [-0.39, 0.29) is 0 Å². The fraction of sp³-hybridized carbons (Fsp3) is 0.0833. The Morgan fingerprint density at radius 1 is 1.13 bits per heavy atom. The van der Waals surface area contributed by atoms with Crippen molar-refractivity contribution in [2.24, 2.45) is 5.16 Å². The molecule has 0 heterocycles. The quantitative estimate of drug-likeness (QED) is 0.352. The molecule has 0 unspecified atom stereocenters. The van der Waals surface area contributed by atoms with Gasteiger partial charge in [-0.3, -0.25) is 0 Å². The van der Waals surface area contributed by atoms with Gasteiger partial charge in [-0.1, -0.05) is 29.4 Å². The molecular weight excluding hydrogens is 188 g/mol. The van der Waals surface area contributed by atoms with Gasteiger partial charge in [-0.2, -0.15) is 0 Å². The van der Waals surface area contributed by atoms with E-state index in [1.807, 2.05) is 54.6 Å². The molecule has 0 amide bonds. The summed E-state index contributed by atoms with van der Waals surface area (Å²) in [4.78, 5) is 2.00. The lowest BCUT2D eigenvalue weighted by Gasteiger charge is -2.12. The number of hydrogen-bond donors (Lipinski definition) is 1. The molecule has 3 heteroatoms. The Morgan fingerprint density at radius 2 is 1.87 bits per heavy atom. The van der Waals surface area contributed by atoms with E-state index in [0.29, 0.717) is 0 Å². The lowest BCUT2D eigenvalue weighted by Crippen LogP contribution is -2.06. The fourth-order valence-electron chi connectivity index (χ4n) is 1.08. The van der Waals surface area contributed by atoms with Gasteiger partial charge in [0, 0.05) is 18.9 Å². The molecule has 1 aromatic rings. The van der Waals surface area contributed by atoms with Crippen LogP contribution in [0.3, 0.4) is 0 Å². The molecule has 0 saturated carbocycles. The third kappa shape index (κ3) is 4.13. The fourth-order valence-corrected chi connectivity index (χ4v) is 1.08. The molecule has 1 N–H and O–H groups in total. The Hall–Kier alpha value is -2.03. The van der Waals surface area contributed by atoms with Crippen LogP contribution in [0.4, 0.5) is 5.69 Å². The van der Waals surface area contributed by atoms with Crippen LogP contribution >= 0.6 is 0 Å². The van der Waals surface area contributed by atoms with Crippen molar-refractivity contribution in [1.29, 1.82) is 0 Å². The number of allylic oxidation sites excluding steroid dienone is 3. The third-order valence-electron chi connectivity index (χ3n) is 1.85. The van der Waals surface area contributed by atoms with Crippen molar-refractivity contribution in [3.8, 4) is 0 Å². The van der Waals surface area contributed by atoms with Crippen LogP contribution < -0.4 is 4.90 Å². The van der Waals surface area contributed by atoms with Gasteiger partial charge in [0.05, 0.1) is 6.21 Å². The van der Waals surface area contributed by atoms with Gasteiger partial charge < -0.3 is 10.1 Å². The second-order valence-corrected chi connectivity index (χ2v) is 2.94. The Kier molecular flexibility index (Phi) is 4.73. The summed E-state index contributed by atoms with van der Waals surface area (Å²) in [5, 5.41) is 11.0. The van der Waals surface area contributed by atoms with Crippen molar-refractivity contribution >= 4 is 11.9 Å². The van der Waals surface area contributed by atoms with E-state index in [1.54, 1.807) is 12.2 Å². The highest BCUT2D eigenvalue weighted by atomic mass is 16.4. The van der Waals surface area contributed by atoms with Crippen LogP contribution in [0.5, 0.6) is 0 Å². The number of hydrogen-bond acceptors (Lipinski definition) is 3. The van der Waals surface area contributed by atoms with Crippen molar-refractivity contribution in [3.63, 3.8) is 0 Å². The van der Waals surface area contributed by atoms with Crippen LogP contribution in [-0.4, -0.2) is 18.5 Å². The highest BCUT2D eigenvalue weighted by molar-refractivity contribution is 5.70. The highest BCUT2D eigenvalue weighted by Crippen LogP contribution is 2.10. The van der Waals surface area contributed by atoms with Gasteiger partial charge in [0.15, 0.2) is 0 Å². The summed E-state index contributed by atoms with van der Waals surface area (Å²) in [7, 11) is 1.97. The van der Waals surface area contributed by atoms with E-state index in [1.165, 1.54) is 6.21 Å². The first kappa shape index (κ1) is 11.0. The Balaban J connectivity index is 2.52.